The Morgan fingerprint density at radius 2 is 1.90 bits per heavy atom. The molecule has 1 aromatic carbocycles. The smallest absolute Gasteiger partial charge is 0.171 e. The van der Waals surface area contributed by atoms with Gasteiger partial charge in [0, 0.05) is 12.0 Å². The van der Waals surface area contributed by atoms with E-state index in [-0.39, 0.29) is 17.7 Å². The van der Waals surface area contributed by atoms with E-state index in [0.717, 1.165) is 32.1 Å². The largest absolute Gasteiger partial charge is 0.497 e. The number of nitrogens with two attached hydrogens (primary N) is 1. The van der Waals surface area contributed by atoms with Gasteiger partial charge < -0.3 is 15.2 Å². The number of carbonyl (C=O) groups excluding carboxylic acids is 1. The highest BCUT2D eigenvalue weighted by Gasteiger charge is 2.29. The van der Waals surface area contributed by atoms with Crippen molar-refractivity contribution < 1.29 is 14.3 Å². The van der Waals surface area contributed by atoms with Crippen LogP contribution in [0.1, 0.15) is 42.5 Å². The van der Waals surface area contributed by atoms with Crippen LogP contribution in [0.25, 0.3) is 0 Å². The first-order valence-electron chi connectivity index (χ1n) is 7.19. The topological polar surface area (TPSA) is 61.5 Å². The van der Waals surface area contributed by atoms with Crippen molar-refractivity contribution in [2.24, 2.45) is 11.7 Å². The van der Waals surface area contributed by atoms with Gasteiger partial charge in [-0.05, 0) is 31.0 Å². The third kappa shape index (κ3) is 3.12. The molecule has 1 aliphatic rings. The molecular formula is C16H23NO3. The van der Waals surface area contributed by atoms with Crippen LogP contribution < -0.4 is 15.2 Å². The fourth-order valence-electron chi connectivity index (χ4n) is 2.87. The van der Waals surface area contributed by atoms with Crippen LogP contribution in [0.15, 0.2) is 18.2 Å². The molecular weight excluding hydrogens is 254 g/mol. The Labute approximate surface area is 120 Å². The third-order valence-electron chi connectivity index (χ3n) is 4.08. The molecule has 0 aromatic heterocycles. The van der Waals surface area contributed by atoms with Gasteiger partial charge in [-0.15, -0.1) is 0 Å². The molecule has 1 saturated carbocycles. The van der Waals surface area contributed by atoms with E-state index in [0.29, 0.717) is 17.1 Å². The number of benzene rings is 1. The molecule has 2 rings (SSSR count). The maximum absolute atomic E-state index is 12.8. The van der Waals surface area contributed by atoms with Gasteiger partial charge in [0.05, 0.1) is 19.8 Å². The summed E-state index contributed by atoms with van der Waals surface area (Å²) in [6.07, 6.45) is 5.12. The van der Waals surface area contributed by atoms with Gasteiger partial charge in [-0.2, -0.15) is 0 Å². The molecule has 0 aliphatic heterocycles. The van der Waals surface area contributed by atoms with E-state index in [1.165, 1.54) is 0 Å². The summed E-state index contributed by atoms with van der Waals surface area (Å²) in [7, 11) is 3.17. The number of ether oxygens (including phenoxy) is 2. The Bertz CT molecular complexity index is 473. The number of ketones is 1. The van der Waals surface area contributed by atoms with E-state index < -0.39 is 0 Å². The molecule has 2 N–H and O–H groups in total. The van der Waals surface area contributed by atoms with Crippen LogP contribution in [0.4, 0.5) is 0 Å². The minimum Gasteiger partial charge on any atom is -0.497 e. The average molecular weight is 277 g/mol. The van der Waals surface area contributed by atoms with Crippen molar-refractivity contribution in [3.05, 3.63) is 23.8 Å². The summed E-state index contributed by atoms with van der Waals surface area (Å²) >= 11 is 0. The van der Waals surface area contributed by atoms with Gasteiger partial charge in [0.15, 0.2) is 5.78 Å². The van der Waals surface area contributed by atoms with Crippen molar-refractivity contribution in [2.45, 2.75) is 38.1 Å². The van der Waals surface area contributed by atoms with Gasteiger partial charge in [0.2, 0.25) is 0 Å². The summed E-state index contributed by atoms with van der Waals surface area (Å²) in [5.74, 6) is 1.22. The summed E-state index contributed by atoms with van der Waals surface area (Å²) in [6, 6.07) is 5.26. The van der Waals surface area contributed by atoms with E-state index in [1.807, 2.05) is 0 Å². The first kappa shape index (κ1) is 14.9. The fraction of sp³-hybridized carbons (Fsp3) is 0.562. The lowest BCUT2D eigenvalue weighted by atomic mass is 9.87. The second-order valence-electron chi connectivity index (χ2n) is 5.34. The van der Waals surface area contributed by atoms with Crippen molar-refractivity contribution >= 4 is 5.78 Å². The zero-order valence-corrected chi connectivity index (χ0v) is 12.2. The Kier molecular flexibility index (Phi) is 5.01. The summed E-state index contributed by atoms with van der Waals surface area (Å²) < 4.78 is 10.5. The van der Waals surface area contributed by atoms with Crippen LogP contribution in [0.2, 0.25) is 0 Å². The molecule has 4 nitrogen and oxygen atoms in total. The molecule has 0 heterocycles. The van der Waals surface area contributed by atoms with Crippen molar-refractivity contribution in [1.29, 1.82) is 0 Å². The molecule has 110 valence electrons. The second kappa shape index (κ2) is 6.75. The summed E-state index contributed by atoms with van der Waals surface area (Å²) in [5, 5.41) is 0. The molecule has 1 aromatic rings. The van der Waals surface area contributed by atoms with Crippen LogP contribution in [0.3, 0.4) is 0 Å². The standard InChI is InChI=1S/C16H23NO3/c1-19-11-8-9-15(20-2)13(10-11)16(18)12-6-4-3-5-7-14(12)17/h8-10,12,14H,3-7,17H2,1-2H3. The molecule has 0 radical (unpaired) electrons. The van der Waals surface area contributed by atoms with E-state index in [9.17, 15) is 4.79 Å². The molecule has 2 atom stereocenters. The van der Waals surface area contributed by atoms with Crippen LogP contribution >= 0.6 is 0 Å². The number of rotatable bonds is 4. The molecule has 1 aliphatic carbocycles. The van der Waals surface area contributed by atoms with Gasteiger partial charge >= 0.3 is 0 Å². The number of carbonyl (C=O) groups is 1. The maximum atomic E-state index is 12.8. The van der Waals surface area contributed by atoms with E-state index in [1.54, 1.807) is 32.4 Å². The van der Waals surface area contributed by atoms with E-state index in [4.69, 9.17) is 15.2 Å². The lowest BCUT2D eigenvalue weighted by Gasteiger charge is -2.21. The van der Waals surface area contributed by atoms with E-state index in [2.05, 4.69) is 0 Å². The van der Waals surface area contributed by atoms with Gasteiger partial charge in [-0.25, -0.2) is 0 Å². The van der Waals surface area contributed by atoms with Crippen molar-refractivity contribution in [1.82, 2.24) is 0 Å². The molecule has 1 fully saturated rings. The summed E-state index contributed by atoms with van der Waals surface area (Å²) in [5.41, 5.74) is 6.76. The molecule has 0 spiro atoms. The predicted octanol–water partition coefficient (Wildman–Crippen LogP) is 2.79. The van der Waals surface area contributed by atoms with Crippen LogP contribution in [-0.2, 0) is 0 Å². The number of hydrogen-bond acceptors (Lipinski definition) is 4. The Balaban J connectivity index is 2.30. The minimum absolute atomic E-state index is 0.0547. The van der Waals surface area contributed by atoms with E-state index >= 15 is 0 Å². The number of methoxy groups -OCH3 is 2. The van der Waals surface area contributed by atoms with Crippen LogP contribution in [0, 0.1) is 5.92 Å². The summed E-state index contributed by atoms with van der Waals surface area (Å²) in [6.45, 7) is 0. The fourth-order valence-corrected chi connectivity index (χ4v) is 2.87. The molecule has 0 bridgehead atoms. The monoisotopic (exact) mass is 277 g/mol. The quantitative estimate of drug-likeness (QED) is 0.679. The van der Waals surface area contributed by atoms with Gasteiger partial charge in [-0.1, -0.05) is 19.3 Å². The maximum Gasteiger partial charge on any atom is 0.171 e. The van der Waals surface area contributed by atoms with Gasteiger partial charge in [-0.3, -0.25) is 4.79 Å². The Morgan fingerprint density at radius 3 is 2.60 bits per heavy atom. The van der Waals surface area contributed by atoms with Gasteiger partial charge in [0.1, 0.15) is 11.5 Å². The number of hydrogen-bond donors (Lipinski definition) is 1. The predicted molar refractivity (Wildman–Crippen MR) is 78.4 cm³/mol. The normalized spacial score (nSPS) is 22.9. The lowest BCUT2D eigenvalue weighted by molar-refractivity contribution is 0.0891. The average Bonchev–Trinajstić information content (AvgIpc) is 2.70. The Morgan fingerprint density at radius 1 is 1.15 bits per heavy atom. The van der Waals surface area contributed by atoms with Crippen molar-refractivity contribution in [3.63, 3.8) is 0 Å². The summed E-state index contributed by atoms with van der Waals surface area (Å²) in [4.78, 5) is 12.8. The molecule has 0 amide bonds. The highest BCUT2D eigenvalue weighted by molar-refractivity contribution is 6.01. The first-order chi connectivity index (χ1) is 9.67. The van der Waals surface area contributed by atoms with Crippen LogP contribution in [-0.4, -0.2) is 26.0 Å². The Hall–Kier alpha value is -1.55. The molecule has 0 saturated heterocycles. The third-order valence-corrected chi connectivity index (χ3v) is 4.08. The molecule has 2 unspecified atom stereocenters. The highest BCUT2D eigenvalue weighted by Crippen LogP contribution is 2.31. The van der Waals surface area contributed by atoms with Crippen molar-refractivity contribution in [2.75, 3.05) is 14.2 Å². The highest BCUT2D eigenvalue weighted by atomic mass is 16.5. The number of Topliss-reactive ketones (excluding diaryl/α,β-unsaturated/α-hetero) is 1. The first-order valence-corrected chi connectivity index (χ1v) is 7.19. The second-order valence-corrected chi connectivity index (χ2v) is 5.34. The zero-order valence-electron chi connectivity index (χ0n) is 12.2. The lowest BCUT2D eigenvalue weighted by Crippen LogP contribution is -2.34. The van der Waals surface area contributed by atoms with Crippen molar-refractivity contribution in [3.8, 4) is 11.5 Å². The van der Waals surface area contributed by atoms with Crippen LogP contribution in [0.5, 0.6) is 11.5 Å². The van der Waals surface area contributed by atoms with Gasteiger partial charge in [0.25, 0.3) is 0 Å². The minimum atomic E-state index is -0.112. The molecule has 20 heavy (non-hydrogen) atoms. The zero-order chi connectivity index (χ0) is 14.5. The molecule has 4 heteroatoms. The SMILES string of the molecule is COc1ccc(OC)c(C(=O)C2CCCCCC2N)c1.